The average molecular weight is 341 g/mol. The summed E-state index contributed by atoms with van der Waals surface area (Å²) in [5.74, 6) is 1.30. The van der Waals surface area contributed by atoms with Crippen LogP contribution in [0.3, 0.4) is 0 Å². The van der Waals surface area contributed by atoms with Crippen LogP contribution in [0.5, 0.6) is 11.5 Å². The molecule has 0 amide bonds. The van der Waals surface area contributed by atoms with Gasteiger partial charge in [0.05, 0.1) is 5.56 Å². The van der Waals surface area contributed by atoms with E-state index in [1.165, 1.54) is 0 Å². The Morgan fingerprint density at radius 3 is 2.80 bits per heavy atom. The minimum absolute atomic E-state index is 0.188. The van der Waals surface area contributed by atoms with Crippen LogP contribution >= 0.6 is 15.9 Å². The van der Waals surface area contributed by atoms with Crippen LogP contribution in [0.15, 0.2) is 10.5 Å². The molecule has 1 aromatic rings. The molecule has 108 valence electrons. The molecule has 0 atom stereocenters. The number of rotatable bonds is 4. The smallest absolute Gasteiger partial charge is 0.231 e. The summed E-state index contributed by atoms with van der Waals surface area (Å²) in [4.78, 5) is 13.5. The lowest BCUT2D eigenvalue weighted by Gasteiger charge is -2.27. The van der Waals surface area contributed by atoms with Gasteiger partial charge in [0.25, 0.3) is 0 Å². The second kappa shape index (κ2) is 6.11. The van der Waals surface area contributed by atoms with Gasteiger partial charge in [0.15, 0.2) is 17.8 Å². The quantitative estimate of drug-likeness (QED) is 0.840. The van der Waals surface area contributed by atoms with Crippen LogP contribution in [0.25, 0.3) is 0 Å². The maximum absolute atomic E-state index is 11.1. The number of nitrogens with one attached hydrogen (secondary N) is 1. The predicted molar refractivity (Wildman–Crippen MR) is 78.7 cm³/mol. The van der Waals surface area contributed by atoms with Crippen LogP contribution in [-0.2, 0) is 6.42 Å². The molecule has 1 fully saturated rings. The van der Waals surface area contributed by atoms with Crippen molar-refractivity contribution in [3.63, 3.8) is 0 Å². The molecular weight excluding hydrogens is 324 g/mol. The predicted octanol–water partition coefficient (Wildman–Crippen LogP) is 1.44. The van der Waals surface area contributed by atoms with Gasteiger partial charge in [-0.15, -0.1) is 0 Å². The van der Waals surface area contributed by atoms with Crippen molar-refractivity contribution >= 4 is 22.2 Å². The van der Waals surface area contributed by atoms with E-state index in [9.17, 15) is 4.79 Å². The third-order valence-electron chi connectivity index (χ3n) is 3.73. The number of fused-ring (bicyclic) bond motifs is 1. The van der Waals surface area contributed by atoms with E-state index in [1.807, 2.05) is 6.07 Å². The lowest BCUT2D eigenvalue weighted by Crippen LogP contribution is -2.44. The summed E-state index contributed by atoms with van der Waals surface area (Å²) in [7, 11) is 0. The van der Waals surface area contributed by atoms with Crippen molar-refractivity contribution in [2.24, 2.45) is 0 Å². The van der Waals surface area contributed by atoms with Gasteiger partial charge in [0.1, 0.15) is 0 Å². The Hall–Kier alpha value is -1.11. The molecule has 1 N–H and O–H groups in total. The Labute approximate surface area is 126 Å². The molecule has 3 rings (SSSR count). The first-order valence-electron chi connectivity index (χ1n) is 6.79. The van der Waals surface area contributed by atoms with E-state index in [4.69, 9.17) is 9.47 Å². The fourth-order valence-corrected chi connectivity index (χ4v) is 3.26. The monoisotopic (exact) mass is 340 g/mol. The normalized spacial score (nSPS) is 18.2. The lowest BCUT2D eigenvalue weighted by molar-refractivity contribution is 0.111. The van der Waals surface area contributed by atoms with Gasteiger partial charge in [0, 0.05) is 42.8 Å². The first-order chi connectivity index (χ1) is 9.79. The topological polar surface area (TPSA) is 50.8 Å². The van der Waals surface area contributed by atoms with Gasteiger partial charge in [0.2, 0.25) is 6.79 Å². The Balaban J connectivity index is 1.79. The second-order valence-corrected chi connectivity index (χ2v) is 5.80. The molecule has 1 saturated heterocycles. The van der Waals surface area contributed by atoms with Crippen LogP contribution in [0.2, 0.25) is 0 Å². The van der Waals surface area contributed by atoms with Crippen molar-refractivity contribution in [3.8, 4) is 11.5 Å². The molecule has 0 saturated carbocycles. The molecule has 2 aliphatic rings. The highest BCUT2D eigenvalue weighted by atomic mass is 79.9. The molecule has 5 nitrogen and oxygen atoms in total. The fraction of sp³-hybridized carbons (Fsp3) is 0.500. The van der Waals surface area contributed by atoms with E-state index in [0.29, 0.717) is 11.3 Å². The minimum Gasteiger partial charge on any atom is -0.453 e. The number of hydrogen-bond acceptors (Lipinski definition) is 5. The summed E-state index contributed by atoms with van der Waals surface area (Å²) >= 11 is 3.54. The number of carbonyl (C=O) groups excluding carboxylic acids is 1. The summed E-state index contributed by atoms with van der Waals surface area (Å²) in [5.41, 5.74) is 1.62. The highest BCUT2D eigenvalue weighted by Crippen LogP contribution is 2.42. The number of ether oxygens (including phenoxy) is 2. The Bertz CT molecular complexity index is 516. The van der Waals surface area contributed by atoms with Crippen molar-refractivity contribution in [2.75, 3.05) is 39.5 Å². The molecule has 0 aliphatic carbocycles. The molecule has 6 heteroatoms. The molecule has 0 radical (unpaired) electrons. The summed E-state index contributed by atoms with van der Waals surface area (Å²) in [5, 5.41) is 3.35. The Morgan fingerprint density at radius 2 is 2.05 bits per heavy atom. The molecule has 0 bridgehead atoms. The van der Waals surface area contributed by atoms with E-state index in [-0.39, 0.29) is 6.79 Å². The maximum atomic E-state index is 11.1. The zero-order chi connectivity index (χ0) is 13.9. The van der Waals surface area contributed by atoms with Gasteiger partial charge in [-0.3, -0.25) is 4.79 Å². The van der Waals surface area contributed by atoms with Gasteiger partial charge >= 0.3 is 0 Å². The zero-order valence-electron chi connectivity index (χ0n) is 11.2. The molecule has 2 aliphatic heterocycles. The highest BCUT2D eigenvalue weighted by Gasteiger charge is 2.24. The van der Waals surface area contributed by atoms with E-state index in [1.54, 1.807) is 0 Å². The molecular formula is C14H17BrN2O3. The van der Waals surface area contributed by atoms with Crippen LogP contribution in [0.1, 0.15) is 15.9 Å². The number of benzene rings is 1. The van der Waals surface area contributed by atoms with Crippen molar-refractivity contribution in [2.45, 2.75) is 6.42 Å². The molecule has 0 aromatic heterocycles. The van der Waals surface area contributed by atoms with Gasteiger partial charge in [-0.05, 0) is 12.5 Å². The van der Waals surface area contributed by atoms with Crippen LogP contribution in [0.4, 0.5) is 0 Å². The SMILES string of the molecule is O=Cc1cc(Br)c(CCN2CCNCC2)c2c1OCO2. The summed E-state index contributed by atoms with van der Waals surface area (Å²) in [6, 6.07) is 1.81. The third-order valence-corrected chi connectivity index (χ3v) is 4.44. The fourth-order valence-electron chi connectivity index (χ4n) is 2.64. The summed E-state index contributed by atoms with van der Waals surface area (Å²) in [6.45, 7) is 5.41. The van der Waals surface area contributed by atoms with Crippen LogP contribution in [0, 0.1) is 0 Å². The molecule has 20 heavy (non-hydrogen) atoms. The number of halogens is 1. The van der Waals surface area contributed by atoms with Crippen LogP contribution < -0.4 is 14.8 Å². The molecule has 2 heterocycles. The Kier molecular flexibility index (Phi) is 4.24. The molecule has 0 unspecified atom stereocenters. The number of aldehydes is 1. The van der Waals surface area contributed by atoms with E-state index < -0.39 is 0 Å². The Morgan fingerprint density at radius 1 is 1.30 bits per heavy atom. The number of carbonyl (C=O) groups is 1. The zero-order valence-corrected chi connectivity index (χ0v) is 12.7. The number of hydrogen-bond donors (Lipinski definition) is 1. The largest absolute Gasteiger partial charge is 0.453 e. The van der Waals surface area contributed by atoms with Crippen molar-refractivity contribution in [1.29, 1.82) is 0 Å². The van der Waals surface area contributed by atoms with Gasteiger partial charge in [-0.25, -0.2) is 0 Å². The van der Waals surface area contributed by atoms with Gasteiger partial charge in [-0.1, -0.05) is 15.9 Å². The number of nitrogens with zero attached hydrogens (tertiary/aromatic N) is 1. The maximum Gasteiger partial charge on any atom is 0.231 e. The second-order valence-electron chi connectivity index (χ2n) is 4.95. The highest BCUT2D eigenvalue weighted by molar-refractivity contribution is 9.10. The minimum atomic E-state index is 0.188. The van der Waals surface area contributed by atoms with Crippen LogP contribution in [-0.4, -0.2) is 50.7 Å². The molecule has 1 aromatic carbocycles. The van der Waals surface area contributed by atoms with Crippen molar-refractivity contribution in [3.05, 3.63) is 21.7 Å². The van der Waals surface area contributed by atoms with E-state index >= 15 is 0 Å². The first-order valence-corrected chi connectivity index (χ1v) is 7.58. The van der Waals surface area contributed by atoms with E-state index in [0.717, 1.165) is 61.2 Å². The summed E-state index contributed by atoms with van der Waals surface area (Å²) < 4.78 is 11.9. The van der Waals surface area contributed by atoms with Crippen molar-refractivity contribution in [1.82, 2.24) is 10.2 Å². The van der Waals surface area contributed by atoms with Crippen molar-refractivity contribution < 1.29 is 14.3 Å². The lowest BCUT2D eigenvalue weighted by atomic mass is 10.1. The van der Waals surface area contributed by atoms with Gasteiger partial charge < -0.3 is 19.7 Å². The average Bonchev–Trinajstić information content (AvgIpc) is 2.96. The summed E-state index contributed by atoms with van der Waals surface area (Å²) in [6.07, 6.45) is 1.68. The standard InChI is InChI=1S/C14H17BrN2O3/c15-12-7-10(8-18)13-14(20-9-19-13)11(12)1-4-17-5-2-16-3-6-17/h7-8,16H,1-6,9H2. The van der Waals surface area contributed by atoms with E-state index in [2.05, 4.69) is 26.1 Å². The first kappa shape index (κ1) is 13.9. The van der Waals surface area contributed by atoms with Gasteiger partial charge in [-0.2, -0.15) is 0 Å². The third kappa shape index (κ3) is 2.68. The molecule has 0 spiro atoms. The number of piperazine rings is 1.